The first-order valence-electron chi connectivity index (χ1n) is 7.96. The van der Waals surface area contributed by atoms with E-state index in [1.165, 1.54) is 17.7 Å². The SMILES string of the molecule is Cc1ccc(-n2ccnc2S(=O)(=O)[C@H](C)C(=O)NC2CC2)c(C)c1. The Morgan fingerprint density at radius 1 is 1.33 bits per heavy atom. The summed E-state index contributed by atoms with van der Waals surface area (Å²) in [6, 6.07) is 5.88. The highest BCUT2D eigenvalue weighted by molar-refractivity contribution is 7.92. The number of sulfone groups is 1. The second-order valence-corrected chi connectivity index (χ2v) is 8.50. The van der Waals surface area contributed by atoms with Gasteiger partial charge in [0.1, 0.15) is 5.25 Å². The number of aryl methyl sites for hydroxylation is 2. The van der Waals surface area contributed by atoms with Crippen LogP contribution in [-0.4, -0.2) is 35.2 Å². The summed E-state index contributed by atoms with van der Waals surface area (Å²) in [5, 5.41) is 1.46. The van der Waals surface area contributed by atoms with Crippen LogP contribution in [0.2, 0.25) is 0 Å². The molecule has 0 aliphatic heterocycles. The predicted octanol–water partition coefficient (Wildman–Crippen LogP) is 1.93. The highest BCUT2D eigenvalue weighted by atomic mass is 32.2. The molecule has 1 aromatic carbocycles. The van der Waals surface area contributed by atoms with Crippen LogP contribution in [0.3, 0.4) is 0 Å². The van der Waals surface area contributed by atoms with E-state index in [0.717, 1.165) is 29.7 Å². The molecule has 1 aliphatic carbocycles. The van der Waals surface area contributed by atoms with E-state index < -0.39 is 21.0 Å². The number of amides is 1. The molecule has 1 amide bonds. The number of carbonyl (C=O) groups is 1. The van der Waals surface area contributed by atoms with E-state index in [9.17, 15) is 13.2 Å². The van der Waals surface area contributed by atoms with Crippen LogP contribution < -0.4 is 5.32 Å². The van der Waals surface area contributed by atoms with Crippen molar-refractivity contribution in [1.82, 2.24) is 14.9 Å². The Hall–Kier alpha value is -2.15. The topological polar surface area (TPSA) is 81.1 Å². The average molecular weight is 347 g/mol. The Balaban J connectivity index is 1.97. The van der Waals surface area contributed by atoms with Crippen LogP contribution in [0.4, 0.5) is 0 Å². The fourth-order valence-electron chi connectivity index (χ4n) is 2.60. The first-order valence-corrected chi connectivity index (χ1v) is 9.50. The zero-order valence-electron chi connectivity index (χ0n) is 14.0. The molecule has 7 heteroatoms. The Kier molecular flexibility index (Phi) is 4.21. The van der Waals surface area contributed by atoms with Gasteiger partial charge in [0.05, 0.1) is 5.69 Å². The molecular weight excluding hydrogens is 326 g/mol. The summed E-state index contributed by atoms with van der Waals surface area (Å²) >= 11 is 0. The molecule has 0 unspecified atom stereocenters. The minimum absolute atomic E-state index is 0.104. The third-order valence-corrected chi connectivity index (χ3v) is 6.19. The Labute approximate surface area is 141 Å². The van der Waals surface area contributed by atoms with Crippen molar-refractivity contribution in [2.75, 3.05) is 0 Å². The zero-order valence-corrected chi connectivity index (χ0v) is 14.8. The minimum atomic E-state index is -3.88. The van der Waals surface area contributed by atoms with Crippen LogP contribution >= 0.6 is 0 Å². The third kappa shape index (κ3) is 3.08. The van der Waals surface area contributed by atoms with Crippen molar-refractivity contribution in [3.05, 3.63) is 41.7 Å². The molecule has 0 saturated heterocycles. The lowest BCUT2D eigenvalue weighted by Crippen LogP contribution is -2.39. The van der Waals surface area contributed by atoms with Crippen LogP contribution in [-0.2, 0) is 14.6 Å². The molecule has 128 valence electrons. The van der Waals surface area contributed by atoms with Gasteiger partial charge in [-0.25, -0.2) is 13.4 Å². The van der Waals surface area contributed by atoms with Crippen molar-refractivity contribution >= 4 is 15.7 Å². The van der Waals surface area contributed by atoms with Crippen molar-refractivity contribution in [3.8, 4) is 5.69 Å². The molecule has 3 rings (SSSR count). The highest BCUT2D eigenvalue weighted by Crippen LogP contribution is 2.24. The average Bonchev–Trinajstić information content (AvgIpc) is 3.19. The molecule has 1 atom stereocenters. The van der Waals surface area contributed by atoms with Crippen LogP contribution in [0, 0.1) is 13.8 Å². The van der Waals surface area contributed by atoms with Crippen LogP contribution in [0.5, 0.6) is 0 Å². The molecule has 0 bridgehead atoms. The fourth-order valence-corrected chi connectivity index (χ4v) is 3.91. The third-order valence-electron chi connectivity index (χ3n) is 4.23. The van der Waals surface area contributed by atoms with Gasteiger partial charge in [0.15, 0.2) is 0 Å². The predicted molar refractivity (Wildman–Crippen MR) is 90.9 cm³/mol. The van der Waals surface area contributed by atoms with Crippen molar-refractivity contribution in [3.63, 3.8) is 0 Å². The normalized spacial score (nSPS) is 16.0. The fraction of sp³-hybridized carbons (Fsp3) is 0.412. The number of nitrogens with zero attached hydrogens (tertiary/aromatic N) is 2. The molecule has 1 saturated carbocycles. The number of benzene rings is 1. The summed E-state index contributed by atoms with van der Waals surface area (Å²) < 4.78 is 27.3. The Bertz CT molecular complexity index is 882. The summed E-state index contributed by atoms with van der Waals surface area (Å²) in [5.74, 6) is -0.465. The molecule has 6 nitrogen and oxygen atoms in total. The zero-order chi connectivity index (χ0) is 17.5. The van der Waals surface area contributed by atoms with Crippen LogP contribution in [0.15, 0.2) is 35.7 Å². The molecule has 1 aliphatic rings. The largest absolute Gasteiger partial charge is 0.352 e. The van der Waals surface area contributed by atoms with Crippen LogP contribution in [0.1, 0.15) is 30.9 Å². The van der Waals surface area contributed by atoms with Gasteiger partial charge >= 0.3 is 0 Å². The standard InChI is InChI=1S/C17H21N3O3S/c1-11-4-7-15(12(2)10-11)20-9-8-18-17(20)24(22,23)13(3)16(21)19-14-5-6-14/h4,7-10,13-14H,5-6H2,1-3H3,(H,19,21)/t13-/m1/s1. The Morgan fingerprint density at radius 3 is 2.67 bits per heavy atom. The maximum Gasteiger partial charge on any atom is 0.238 e. The van der Waals surface area contributed by atoms with Gasteiger partial charge in [-0.2, -0.15) is 0 Å². The van der Waals surface area contributed by atoms with E-state index in [4.69, 9.17) is 0 Å². The lowest BCUT2D eigenvalue weighted by atomic mass is 10.1. The van der Waals surface area contributed by atoms with E-state index >= 15 is 0 Å². The van der Waals surface area contributed by atoms with Crippen molar-refractivity contribution < 1.29 is 13.2 Å². The van der Waals surface area contributed by atoms with Crippen molar-refractivity contribution in [1.29, 1.82) is 0 Å². The number of carbonyl (C=O) groups excluding carboxylic acids is 1. The van der Waals surface area contributed by atoms with E-state index in [2.05, 4.69) is 10.3 Å². The number of hydrogen-bond donors (Lipinski definition) is 1. The number of nitrogens with one attached hydrogen (secondary N) is 1. The molecule has 1 fully saturated rings. The monoisotopic (exact) mass is 347 g/mol. The van der Waals surface area contributed by atoms with Gasteiger partial charge in [0.25, 0.3) is 0 Å². The highest BCUT2D eigenvalue weighted by Gasteiger charge is 2.36. The lowest BCUT2D eigenvalue weighted by molar-refractivity contribution is -0.120. The number of aromatic nitrogens is 2. The van der Waals surface area contributed by atoms with Gasteiger partial charge in [0, 0.05) is 18.4 Å². The van der Waals surface area contributed by atoms with E-state index in [1.54, 1.807) is 6.20 Å². The molecule has 2 aromatic rings. The molecular formula is C17H21N3O3S. The quantitative estimate of drug-likeness (QED) is 0.896. The molecule has 1 aromatic heterocycles. The number of hydrogen-bond acceptors (Lipinski definition) is 4. The number of rotatable bonds is 5. The van der Waals surface area contributed by atoms with Gasteiger partial charge < -0.3 is 5.32 Å². The summed E-state index contributed by atoms with van der Waals surface area (Å²) in [6.07, 6.45) is 4.87. The first kappa shape index (κ1) is 16.7. The summed E-state index contributed by atoms with van der Waals surface area (Å²) in [6.45, 7) is 5.31. The molecule has 0 spiro atoms. The van der Waals surface area contributed by atoms with Gasteiger partial charge in [-0.15, -0.1) is 0 Å². The summed E-state index contributed by atoms with van der Waals surface area (Å²) in [4.78, 5) is 16.2. The summed E-state index contributed by atoms with van der Waals surface area (Å²) in [7, 11) is -3.88. The molecule has 24 heavy (non-hydrogen) atoms. The van der Waals surface area contributed by atoms with Crippen molar-refractivity contribution in [2.24, 2.45) is 0 Å². The van der Waals surface area contributed by atoms with Crippen LogP contribution in [0.25, 0.3) is 5.69 Å². The minimum Gasteiger partial charge on any atom is -0.352 e. The second kappa shape index (κ2) is 6.05. The smallest absolute Gasteiger partial charge is 0.238 e. The first-order chi connectivity index (χ1) is 11.3. The summed E-state index contributed by atoms with van der Waals surface area (Å²) in [5.41, 5.74) is 2.78. The second-order valence-electron chi connectivity index (χ2n) is 6.34. The maximum absolute atomic E-state index is 12.9. The molecule has 0 radical (unpaired) electrons. The van der Waals surface area contributed by atoms with Gasteiger partial charge in [0.2, 0.25) is 20.9 Å². The molecule has 1 heterocycles. The number of imidazole rings is 1. The van der Waals surface area contributed by atoms with Crippen molar-refractivity contribution in [2.45, 2.75) is 50.1 Å². The van der Waals surface area contributed by atoms with Gasteiger partial charge in [-0.3, -0.25) is 9.36 Å². The van der Waals surface area contributed by atoms with E-state index in [1.807, 2.05) is 32.0 Å². The van der Waals surface area contributed by atoms with Gasteiger partial charge in [-0.05, 0) is 45.2 Å². The maximum atomic E-state index is 12.9. The van der Waals surface area contributed by atoms with E-state index in [0.29, 0.717) is 0 Å². The Morgan fingerprint density at radius 2 is 2.04 bits per heavy atom. The lowest BCUT2D eigenvalue weighted by Gasteiger charge is -2.15. The van der Waals surface area contributed by atoms with Gasteiger partial charge in [-0.1, -0.05) is 17.7 Å². The van der Waals surface area contributed by atoms with E-state index in [-0.39, 0.29) is 11.2 Å². The molecule has 1 N–H and O–H groups in total.